The van der Waals surface area contributed by atoms with Gasteiger partial charge in [-0.3, -0.25) is 9.79 Å². The zero-order chi connectivity index (χ0) is 20.3. The molecule has 7 heteroatoms. The molecular weight excluding hydrogens is 396 g/mol. The average Bonchev–Trinajstić information content (AvgIpc) is 2.79. The Morgan fingerprint density at radius 2 is 1.89 bits per heavy atom. The third kappa shape index (κ3) is 4.45. The highest BCUT2D eigenvalue weighted by atomic mass is 35.5. The highest BCUT2D eigenvalue weighted by molar-refractivity contribution is 7.91. The lowest BCUT2D eigenvalue weighted by Gasteiger charge is -2.23. The molecule has 0 aliphatic carbocycles. The summed E-state index contributed by atoms with van der Waals surface area (Å²) in [6.07, 6.45) is 0.379. The van der Waals surface area contributed by atoms with Crippen molar-refractivity contribution in [3.8, 4) is 0 Å². The number of fused-ring (bicyclic) bond motifs is 1. The number of aryl methyl sites for hydroxylation is 1. The molecule has 1 heterocycles. The molecule has 0 radical (unpaired) electrons. The molecule has 3 rings (SSSR count). The number of sulfone groups is 1. The van der Waals surface area contributed by atoms with Gasteiger partial charge in [-0.15, -0.1) is 0 Å². The largest absolute Gasteiger partial charge is 0.310 e. The predicted octanol–water partition coefficient (Wildman–Crippen LogP) is 3.66. The third-order valence-corrected chi connectivity index (χ3v) is 6.88. The van der Waals surface area contributed by atoms with Gasteiger partial charge in [0, 0.05) is 28.4 Å². The molecule has 5 nitrogen and oxygen atoms in total. The van der Waals surface area contributed by atoms with E-state index in [1.54, 1.807) is 17.9 Å². The van der Waals surface area contributed by atoms with Gasteiger partial charge in [0.2, 0.25) is 5.91 Å². The quantitative estimate of drug-likeness (QED) is 0.719. The Morgan fingerprint density at radius 3 is 2.61 bits per heavy atom. The van der Waals surface area contributed by atoms with Crippen LogP contribution in [-0.4, -0.2) is 44.6 Å². The third-order valence-electron chi connectivity index (χ3n) is 4.86. The van der Waals surface area contributed by atoms with Crippen LogP contribution in [0.4, 0.5) is 5.69 Å². The first-order valence-electron chi connectivity index (χ1n) is 9.23. The zero-order valence-corrected chi connectivity index (χ0v) is 17.6. The number of halogens is 1. The molecule has 2 aromatic carbocycles. The fourth-order valence-electron chi connectivity index (χ4n) is 3.29. The van der Waals surface area contributed by atoms with Crippen molar-refractivity contribution in [3.05, 3.63) is 64.2 Å². The SMILES string of the molecule is CCS(=O)(=O)CCCN1C(=O)CN=C(c2ccccc2C)c2cc(Cl)ccc21. The van der Waals surface area contributed by atoms with Gasteiger partial charge < -0.3 is 4.90 Å². The van der Waals surface area contributed by atoms with Crippen molar-refractivity contribution in [3.63, 3.8) is 0 Å². The molecule has 0 atom stereocenters. The lowest BCUT2D eigenvalue weighted by Crippen LogP contribution is -2.34. The second kappa shape index (κ2) is 8.45. The monoisotopic (exact) mass is 418 g/mol. The van der Waals surface area contributed by atoms with Crippen LogP contribution in [0.15, 0.2) is 47.5 Å². The summed E-state index contributed by atoms with van der Waals surface area (Å²) in [5, 5.41) is 0.558. The van der Waals surface area contributed by atoms with E-state index in [0.29, 0.717) is 23.7 Å². The van der Waals surface area contributed by atoms with Crippen molar-refractivity contribution in [1.29, 1.82) is 0 Å². The van der Waals surface area contributed by atoms with E-state index in [1.807, 2.05) is 43.3 Å². The van der Waals surface area contributed by atoms with E-state index >= 15 is 0 Å². The fraction of sp³-hybridized carbons (Fsp3) is 0.333. The summed E-state index contributed by atoms with van der Waals surface area (Å²) >= 11 is 6.25. The minimum absolute atomic E-state index is 0.0104. The van der Waals surface area contributed by atoms with E-state index in [4.69, 9.17) is 11.6 Å². The van der Waals surface area contributed by atoms with Gasteiger partial charge in [-0.05, 0) is 37.1 Å². The Kier molecular flexibility index (Phi) is 6.20. The standard InChI is InChI=1S/C21H23ClN2O3S/c1-3-28(26,27)12-6-11-24-19-10-9-16(22)13-18(19)21(23-14-20(24)25)17-8-5-4-7-15(17)2/h4-5,7-10,13H,3,6,11-12,14H2,1-2H3. The number of rotatable bonds is 6. The first-order valence-corrected chi connectivity index (χ1v) is 11.4. The molecule has 0 aromatic heterocycles. The highest BCUT2D eigenvalue weighted by Crippen LogP contribution is 2.30. The molecule has 28 heavy (non-hydrogen) atoms. The van der Waals surface area contributed by atoms with Crippen LogP contribution in [0.3, 0.4) is 0 Å². The van der Waals surface area contributed by atoms with Crippen molar-refractivity contribution in [2.75, 3.05) is 29.5 Å². The molecule has 0 bridgehead atoms. The smallest absolute Gasteiger partial charge is 0.248 e. The van der Waals surface area contributed by atoms with Crippen LogP contribution in [0, 0.1) is 6.92 Å². The minimum Gasteiger partial charge on any atom is -0.310 e. The van der Waals surface area contributed by atoms with E-state index in [2.05, 4.69) is 4.99 Å². The molecule has 0 spiro atoms. The number of benzodiazepines with no additional fused rings is 1. The molecule has 2 aromatic rings. The van der Waals surface area contributed by atoms with Crippen LogP contribution in [0.5, 0.6) is 0 Å². The first-order chi connectivity index (χ1) is 13.3. The van der Waals surface area contributed by atoms with E-state index in [1.165, 1.54) is 0 Å². The fourth-order valence-corrected chi connectivity index (χ4v) is 4.32. The van der Waals surface area contributed by atoms with Crippen LogP contribution in [0.1, 0.15) is 30.0 Å². The van der Waals surface area contributed by atoms with Gasteiger partial charge in [0.25, 0.3) is 0 Å². The number of benzene rings is 2. The molecular formula is C21H23ClN2O3S. The minimum atomic E-state index is -3.08. The Bertz CT molecular complexity index is 1030. The molecule has 1 aliphatic rings. The van der Waals surface area contributed by atoms with Crippen LogP contribution in [-0.2, 0) is 14.6 Å². The topological polar surface area (TPSA) is 66.8 Å². The summed E-state index contributed by atoms with van der Waals surface area (Å²) in [6, 6.07) is 13.2. The van der Waals surface area contributed by atoms with Crippen LogP contribution >= 0.6 is 11.6 Å². The second-order valence-electron chi connectivity index (χ2n) is 6.78. The predicted molar refractivity (Wildman–Crippen MR) is 114 cm³/mol. The van der Waals surface area contributed by atoms with Gasteiger partial charge in [0.05, 0.1) is 17.2 Å². The number of aliphatic imine (C=N–C) groups is 1. The maximum absolute atomic E-state index is 12.8. The Hall–Kier alpha value is -2.18. The Labute approximate surface area is 171 Å². The van der Waals surface area contributed by atoms with Crippen molar-refractivity contribution in [1.82, 2.24) is 0 Å². The molecule has 0 unspecified atom stereocenters. The summed E-state index contributed by atoms with van der Waals surface area (Å²) in [7, 11) is -3.08. The normalized spacial score (nSPS) is 14.5. The maximum Gasteiger partial charge on any atom is 0.248 e. The number of carbonyl (C=O) groups excluding carboxylic acids is 1. The number of carbonyl (C=O) groups is 1. The number of anilines is 1. The van der Waals surface area contributed by atoms with Crippen molar-refractivity contribution < 1.29 is 13.2 Å². The van der Waals surface area contributed by atoms with Crippen LogP contribution in [0.25, 0.3) is 0 Å². The van der Waals surface area contributed by atoms with Gasteiger partial charge in [-0.1, -0.05) is 42.8 Å². The number of amides is 1. The van der Waals surface area contributed by atoms with Gasteiger partial charge in [-0.2, -0.15) is 0 Å². The van der Waals surface area contributed by atoms with E-state index in [9.17, 15) is 13.2 Å². The molecule has 0 saturated heterocycles. The number of hydrogen-bond acceptors (Lipinski definition) is 4. The van der Waals surface area contributed by atoms with Crippen LogP contribution < -0.4 is 4.90 Å². The van der Waals surface area contributed by atoms with Gasteiger partial charge in [0.1, 0.15) is 16.4 Å². The molecule has 0 N–H and O–H groups in total. The summed E-state index contributed by atoms with van der Waals surface area (Å²) in [4.78, 5) is 19.0. The second-order valence-corrected chi connectivity index (χ2v) is 9.69. The van der Waals surface area contributed by atoms with Crippen LogP contribution in [0.2, 0.25) is 5.02 Å². The average molecular weight is 419 g/mol. The number of hydrogen-bond donors (Lipinski definition) is 0. The van der Waals surface area contributed by atoms with E-state index in [0.717, 1.165) is 22.4 Å². The molecule has 0 saturated carbocycles. The molecule has 0 fully saturated rings. The van der Waals surface area contributed by atoms with E-state index < -0.39 is 9.84 Å². The molecule has 1 aliphatic heterocycles. The van der Waals surface area contributed by atoms with Gasteiger partial charge >= 0.3 is 0 Å². The van der Waals surface area contributed by atoms with Gasteiger partial charge in [-0.25, -0.2) is 8.42 Å². The Morgan fingerprint density at radius 1 is 1.14 bits per heavy atom. The zero-order valence-electron chi connectivity index (χ0n) is 16.0. The summed E-state index contributed by atoms with van der Waals surface area (Å²) in [5.41, 5.74) is 4.23. The molecule has 1 amide bonds. The van der Waals surface area contributed by atoms with Gasteiger partial charge in [0.15, 0.2) is 0 Å². The first kappa shape index (κ1) is 20.6. The maximum atomic E-state index is 12.8. The lowest BCUT2D eigenvalue weighted by atomic mass is 9.96. The Balaban J connectivity index is 2.00. The molecule has 148 valence electrons. The van der Waals surface area contributed by atoms with Crippen molar-refractivity contribution in [2.24, 2.45) is 4.99 Å². The van der Waals surface area contributed by atoms with E-state index in [-0.39, 0.29) is 24.0 Å². The summed E-state index contributed by atoms with van der Waals surface area (Å²) in [5.74, 6) is 0.0103. The highest BCUT2D eigenvalue weighted by Gasteiger charge is 2.26. The summed E-state index contributed by atoms with van der Waals surface area (Å²) in [6.45, 7) is 3.97. The van der Waals surface area contributed by atoms with Crippen molar-refractivity contribution >= 4 is 38.7 Å². The lowest BCUT2D eigenvalue weighted by molar-refractivity contribution is -0.117. The number of nitrogens with zero attached hydrogens (tertiary/aromatic N) is 2. The summed E-state index contributed by atoms with van der Waals surface area (Å²) < 4.78 is 23.6. The van der Waals surface area contributed by atoms with Crippen molar-refractivity contribution in [2.45, 2.75) is 20.3 Å².